The van der Waals surface area contributed by atoms with Crippen molar-refractivity contribution in [1.82, 2.24) is 25.3 Å². The lowest BCUT2D eigenvalue weighted by Crippen LogP contribution is -2.31. The molecule has 0 unspecified atom stereocenters. The van der Waals surface area contributed by atoms with E-state index in [2.05, 4.69) is 25.9 Å². The summed E-state index contributed by atoms with van der Waals surface area (Å²) in [6.07, 6.45) is 2.64. The molecule has 0 aliphatic rings. The Bertz CT molecular complexity index is 813. The van der Waals surface area contributed by atoms with E-state index in [9.17, 15) is 4.79 Å². The number of nitrogens with one attached hydrogen (secondary N) is 2. The van der Waals surface area contributed by atoms with E-state index < -0.39 is 0 Å². The van der Waals surface area contributed by atoms with Crippen molar-refractivity contribution in [3.63, 3.8) is 0 Å². The second kappa shape index (κ2) is 8.05. The molecule has 0 spiro atoms. The second-order valence-electron chi connectivity index (χ2n) is 5.62. The zero-order chi connectivity index (χ0) is 17.5. The first-order chi connectivity index (χ1) is 12.2. The van der Waals surface area contributed by atoms with Crippen LogP contribution in [0.3, 0.4) is 0 Å². The monoisotopic (exact) mass is 336 g/mol. The Labute approximate surface area is 146 Å². The van der Waals surface area contributed by atoms with Gasteiger partial charge in [0, 0.05) is 12.7 Å². The summed E-state index contributed by atoms with van der Waals surface area (Å²) >= 11 is 0. The predicted molar refractivity (Wildman–Crippen MR) is 95.5 cm³/mol. The standard InChI is InChI=1S/C18H20N6O/c1-14-10-12-24(23-14)17-8-7-16(21-22-17)20-13-18(25)19-11-9-15-5-3-2-4-6-15/h2-8,10,12H,9,11,13H2,1H3,(H,19,25)(H,20,21). The van der Waals surface area contributed by atoms with Crippen LogP contribution in [0.2, 0.25) is 0 Å². The fourth-order valence-corrected chi connectivity index (χ4v) is 2.31. The minimum Gasteiger partial charge on any atom is -0.360 e. The van der Waals surface area contributed by atoms with Gasteiger partial charge in [-0.2, -0.15) is 5.10 Å². The average Bonchev–Trinajstić information content (AvgIpc) is 3.08. The van der Waals surface area contributed by atoms with Gasteiger partial charge in [0.05, 0.1) is 12.2 Å². The zero-order valence-electron chi connectivity index (χ0n) is 14.0. The largest absolute Gasteiger partial charge is 0.360 e. The van der Waals surface area contributed by atoms with Crippen LogP contribution in [0, 0.1) is 6.92 Å². The topological polar surface area (TPSA) is 84.7 Å². The fraction of sp³-hybridized carbons (Fsp3) is 0.222. The van der Waals surface area contributed by atoms with E-state index in [0.29, 0.717) is 18.2 Å². The molecule has 7 heteroatoms. The summed E-state index contributed by atoms with van der Waals surface area (Å²) in [7, 11) is 0. The summed E-state index contributed by atoms with van der Waals surface area (Å²) < 4.78 is 1.66. The minimum atomic E-state index is -0.0792. The molecule has 1 amide bonds. The van der Waals surface area contributed by atoms with Crippen LogP contribution in [0.4, 0.5) is 5.82 Å². The van der Waals surface area contributed by atoms with Gasteiger partial charge in [-0.3, -0.25) is 4.79 Å². The van der Waals surface area contributed by atoms with Gasteiger partial charge < -0.3 is 10.6 Å². The molecule has 0 saturated heterocycles. The van der Waals surface area contributed by atoms with Gasteiger partial charge >= 0.3 is 0 Å². The molecule has 1 aromatic carbocycles. The molecule has 0 fully saturated rings. The van der Waals surface area contributed by atoms with Gasteiger partial charge in [0.1, 0.15) is 5.82 Å². The fourth-order valence-electron chi connectivity index (χ4n) is 2.31. The third-order valence-electron chi connectivity index (χ3n) is 3.62. The molecule has 25 heavy (non-hydrogen) atoms. The number of aromatic nitrogens is 4. The Balaban J connectivity index is 1.42. The summed E-state index contributed by atoms with van der Waals surface area (Å²) in [6, 6.07) is 15.5. The molecule has 7 nitrogen and oxygen atoms in total. The Kier molecular flexibility index (Phi) is 5.36. The third-order valence-corrected chi connectivity index (χ3v) is 3.62. The molecule has 0 bridgehead atoms. The van der Waals surface area contributed by atoms with Crippen LogP contribution < -0.4 is 10.6 Å². The predicted octanol–water partition coefficient (Wildman–Crippen LogP) is 1.74. The molecule has 0 atom stereocenters. The maximum atomic E-state index is 11.9. The first-order valence-electron chi connectivity index (χ1n) is 8.11. The zero-order valence-corrected chi connectivity index (χ0v) is 14.0. The highest BCUT2D eigenvalue weighted by molar-refractivity contribution is 5.80. The molecule has 128 valence electrons. The van der Waals surface area contributed by atoms with E-state index in [1.54, 1.807) is 16.8 Å². The highest BCUT2D eigenvalue weighted by Gasteiger charge is 2.04. The first kappa shape index (κ1) is 16.6. The molecule has 0 radical (unpaired) electrons. The maximum absolute atomic E-state index is 11.9. The molecule has 2 heterocycles. The Morgan fingerprint density at radius 3 is 2.60 bits per heavy atom. The van der Waals surface area contributed by atoms with Crippen LogP contribution in [-0.4, -0.2) is 39.0 Å². The van der Waals surface area contributed by atoms with E-state index >= 15 is 0 Å². The first-order valence-corrected chi connectivity index (χ1v) is 8.11. The van der Waals surface area contributed by atoms with Gasteiger partial charge in [-0.25, -0.2) is 4.68 Å². The van der Waals surface area contributed by atoms with Crippen molar-refractivity contribution >= 4 is 11.7 Å². The molecule has 3 rings (SSSR count). The van der Waals surface area contributed by atoms with E-state index in [1.807, 2.05) is 49.5 Å². The Hall–Kier alpha value is -3.22. The summed E-state index contributed by atoms with van der Waals surface area (Å²) in [6.45, 7) is 2.67. The maximum Gasteiger partial charge on any atom is 0.239 e. The van der Waals surface area contributed by atoms with Crippen molar-refractivity contribution < 1.29 is 4.79 Å². The lowest BCUT2D eigenvalue weighted by atomic mass is 10.1. The lowest BCUT2D eigenvalue weighted by molar-refractivity contribution is -0.119. The van der Waals surface area contributed by atoms with Crippen molar-refractivity contribution in [3.05, 3.63) is 66.0 Å². The van der Waals surface area contributed by atoms with Gasteiger partial charge in [-0.1, -0.05) is 30.3 Å². The molecule has 0 saturated carbocycles. The molecular formula is C18H20N6O. The molecule has 2 aromatic heterocycles. The SMILES string of the molecule is Cc1ccn(-c2ccc(NCC(=O)NCCc3ccccc3)nn2)n1. The number of carbonyl (C=O) groups excluding carboxylic acids is 1. The highest BCUT2D eigenvalue weighted by Crippen LogP contribution is 2.06. The number of nitrogens with zero attached hydrogens (tertiary/aromatic N) is 4. The van der Waals surface area contributed by atoms with Gasteiger partial charge in [0.2, 0.25) is 5.91 Å². The molecule has 3 aromatic rings. The molecular weight excluding hydrogens is 316 g/mol. The Morgan fingerprint density at radius 1 is 1.08 bits per heavy atom. The number of carbonyl (C=O) groups is 1. The number of aryl methyl sites for hydroxylation is 1. The lowest BCUT2D eigenvalue weighted by Gasteiger charge is -2.07. The number of anilines is 1. The van der Waals surface area contributed by atoms with Gasteiger partial charge in [-0.05, 0) is 37.1 Å². The number of hydrogen-bond donors (Lipinski definition) is 2. The van der Waals surface area contributed by atoms with Crippen LogP contribution in [0.1, 0.15) is 11.3 Å². The summed E-state index contributed by atoms with van der Waals surface area (Å²) in [5.74, 6) is 1.10. The molecule has 2 N–H and O–H groups in total. The summed E-state index contributed by atoms with van der Waals surface area (Å²) in [5, 5.41) is 18.3. The van der Waals surface area contributed by atoms with E-state index in [4.69, 9.17) is 0 Å². The van der Waals surface area contributed by atoms with Crippen LogP contribution in [-0.2, 0) is 11.2 Å². The molecule has 0 aliphatic carbocycles. The van der Waals surface area contributed by atoms with Crippen LogP contribution >= 0.6 is 0 Å². The quantitative estimate of drug-likeness (QED) is 0.686. The number of rotatable bonds is 7. The van der Waals surface area contributed by atoms with Crippen molar-refractivity contribution in [2.75, 3.05) is 18.4 Å². The second-order valence-corrected chi connectivity index (χ2v) is 5.62. The normalized spacial score (nSPS) is 10.4. The van der Waals surface area contributed by atoms with Crippen molar-refractivity contribution in [2.24, 2.45) is 0 Å². The highest BCUT2D eigenvalue weighted by atomic mass is 16.1. The molecule has 0 aliphatic heterocycles. The van der Waals surface area contributed by atoms with Crippen LogP contribution in [0.25, 0.3) is 5.82 Å². The smallest absolute Gasteiger partial charge is 0.239 e. The van der Waals surface area contributed by atoms with Crippen LogP contribution in [0.5, 0.6) is 0 Å². The van der Waals surface area contributed by atoms with E-state index in [-0.39, 0.29) is 12.5 Å². The minimum absolute atomic E-state index is 0.0792. The number of amides is 1. The van der Waals surface area contributed by atoms with Gasteiger partial charge in [-0.15, -0.1) is 10.2 Å². The number of benzene rings is 1. The number of hydrogen-bond acceptors (Lipinski definition) is 5. The van der Waals surface area contributed by atoms with Crippen molar-refractivity contribution in [3.8, 4) is 5.82 Å². The third kappa shape index (κ3) is 4.87. The van der Waals surface area contributed by atoms with Crippen LogP contribution in [0.15, 0.2) is 54.7 Å². The van der Waals surface area contributed by atoms with Gasteiger partial charge in [0.15, 0.2) is 5.82 Å². The van der Waals surface area contributed by atoms with Crippen molar-refractivity contribution in [1.29, 1.82) is 0 Å². The summed E-state index contributed by atoms with van der Waals surface area (Å²) in [4.78, 5) is 11.9. The summed E-state index contributed by atoms with van der Waals surface area (Å²) in [5.41, 5.74) is 2.11. The Morgan fingerprint density at radius 2 is 1.92 bits per heavy atom. The van der Waals surface area contributed by atoms with Crippen molar-refractivity contribution in [2.45, 2.75) is 13.3 Å². The average molecular weight is 336 g/mol. The van der Waals surface area contributed by atoms with E-state index in [0.717, 1.165) is 12.1 Å². The van der Waals surface area contributed by atoms with E-state index in [1.165, 1.54) is 5.56 Å². The van der Waals surface area contributed by atoms with Gasteiger partial charge in [0.25, 0.3) is 0 Å².